The highest BCUT2D eigenvalue weighted by atomic mass is 35.5. The molecule has 12 heteroatoms. The van der Waals surface area contributed by atoms with Crippen LogP contribution in [0.25, 0.3) is 0 Å². The summed E-state index contributed by atoms with van der Waals surface area (Å²) in [6.45, 7) is 5.89. The average Bonchev–Trinajstić information content (AvgIpc) is 3.42. The van der Waals surface area contributed by atoms with E-state index in [2.05, 4.69) is 29.7 Å². The first-order chi connectivity index (χ1) is 20.4. The molecule has 0 aliphatic rings. The number of aryl methyl sites for hydroxylation is 1. The maximum atomic E-state index is 13.6. The number of amides is 2. The number of hydrogen-bond acceptors (Lipinski definition) is 6. The lowest BCUT2D eigenvalue weighted by Crippen LogP contribution is -2.32. The van der Waals surface area contributed by atoms with Gasteiger partial charge in [-0.2, -0.15) is 9.41 Å². The third-order valence-corrected chi connectivity index (χ3v) is 8.96. The zero-order valence-electron chi connectivity index (χ0n) is 23.7. The van der Waals surface area contributed by atoms with E-state index >= 15 is 0 Å². The Morgan fingerprint density at radius 2 is 1.60 bits per heavy atom. The van der Waals surface area contributed by atoms with E-state index in [1.165, 1.54) is 10.5 Å². The molecule has 0 aliphatic carbocycles. The topological polar surface area (TPSA) is 121 Å². The van der Waals surface area contributed by atoms with Gasteiger partial charge in [-0.1, -0.05) is 72.9 Å². The molecule has 224 valence electrons. The molecule has 1 heterocycles. The Morgan fingerprint density at radius 1 is 0.907 bits per heavy atom. The van der Waals surface area contributed by atoms with Crippen molar-refractivity contribution in [2.75, 3.05) is 5.32 Å². The van der Waals surface area contributed by atoms with Crippen molar-refractivity contribution in [1.82, 2.24) is 9.73 Å². The van der Waals surface area contributed by atoms with Crippen LogP contribution in [0.2, 0.25) is 10.0 Å². The third kappa shape index (κ3) is 8.55. The summed E-state index contributed by atoms with van der Waals surface area (Å²) in [4.78, 5) is 24.5. The van der Waals surface area contributed by atoms with Crippen LogP contribution >= 0.6 is 23.2 Å². The average molecular weight is 642 g/mol. The number of carbonyl (C=O) groups is 2. The molecular weight excluding hydrogens is 611 g/mol. The number of halogens is 2. The van der Waals surface area contributed by atoms with Crippen molar-refractivity contribution in [2.45, 2.75) is 44.7 Å². The van der Waals surface area contributed by atoms with Gasteiger partial charge in [0.05, 0.1) is 27.7 Å². The van der Waals surface area contributed by atoms with Gasteiger partial charge in [-0.05, 0) is 72.5 Å². The Labute approximate surface area is 260 Å². The molecule has 0 atom stereocenters. The fourth-order valence-corrected chi connectivity index (χ4v) is 5.71. The van der Waals surface area contributed by atoms with E-state index in [-0.39, 0.29) is 23.7 Å². The van der Waals surface area contributed by atoms with Gasteiger partial charge >= 0.3 is 11.8 Å². The minimum absolute atomic E-state index is 0.00257. The van der Waals surface area contributed by atoms with E-state index in [1.54, 1.807) is 66.7 Å². The predicted octanol–water partition coefficient (Wildman–Crippen LogP) is 6.50. The summed E-state index contributed by atoms with van der Waals surface area (Å²) in [6, 6.07) is 21.8. The molecule has 4 aromatic rings. The van der Waals surface area contributed by atoms with E-state index in [9.17, 15) is 18.0 Å². The van der Waals surface area contributed by atoms with Crippen LogP contribution in [0.15, 0.2) is 93.3 Å². The van der Waals surface area contributed by atoms with Crippen LogP contribution < -0.4 is 10.7 Å². The number of hydrazone groups is 1. The lowest BCUT2D eigenvalue weighted by molar-refractivity contribution is -0.136. The zero-order valence-corrected chi connectivity index (χ0v) is 26.0. The second-order valence-electron chi connectivity index (χ2n) is 10.1. The van der Waals surface area contributed by atoms with E-state index in [1.807, 2.05) is 19.1 Å². The lowest BCUT2D eigenvalue weighted by atomic mass is 10.0. The number of nitrogens with one attached hydrogen (secondary N) is 2. The second-order valence-corrected chi connectivity index (χ2v) is 12.8. The van der Waals surface area contributed by atoms with Crippen molar-refractivity contribution in [2.24, 2.45) is 5.10 Å². The Kier molecular flexibility index (Phi) is 10.4. The quantitative estimate of drug-likeness (QED) is 0.116. The van der Waals surface area contributed by atoms with Gasteiger partial charge in [0.25, 0.3) is 0 Å². The van der Waals surface area contributed by atoms with Crippen LogP contribution in [-0.2, 0) is 32.7 Å². The highest BCUT2D eigenvalue weighted by molar-refractivity contribution is 7.89. The third-order valence-electron chi connectivity index (χ3n) is 6.42. The smallest absolute Gasteiger partial charge is 0.329 e. The van der Waals surface area contributed by atoms with E-state index in [0.29, 0.717) is 33.0 Å². The van der Waals surface area contributed by atoms with Crippen molar-refractivity contribution >= 4 is 56.9 Å². The largest absolute Gasteiger partial charge is 0.459 e. The van der Waals surface area contributed by atoms with Crippen molar-refractivity contribution in [3.63, 3.8) is 0 Å². The Bertz CT molecular complexity index is 1730. The molecule has 2 amide bonds. The zero-order chi connectivity index (χ0) is 31.1. The maximum Gasteiger partial charge on any atom is 0.329 e. The van der Waals surface area contributed by atoms with E-state index in [4.69, 9.17) is 27.6 Å². The molecule has 3 aromatic carbocycles. The van der Waals surface area contributed by atoms with Gasteiger partial charge in [0.15, 0.2) is 0 Å². The molecule has 0 aliphatic heterocycles. The number of rotatable bonds is 10. The molecule has 0 bridgehead atoms. The van der Waals surface area contributed by atoms with Gasteiger partial charge in [0.2, 0.25) is 10.0 Å². The summed E-state index contributed by atoms with van der Waals surface area (Å²) in [6.07, 6.45) is 1.21. The number of furan rings is 1. The molecule has 0 unspecified atom stereocenters. The van der Waals surface area contributed by atoms with Crippen LogP contribution in [0.3, 0.4) is 0 Å². The summed E-state index contributed by atoms with van der Waals surface area (Å²) in [5.74, 6) is -0.942. The number of benzene rings is 3. The molecule has 0 saturated heterocycles. The molecule has 4 rings (SSSR count). The van der Waals surface area contributed by atoms with Gasteiger partial charge in [0, 0.05) is 12.2 Å². The summed E-state index contributed by atoms with van der Waals surface area (Å²) >= 11 is 12.2. The number of anilines is 1. The minimum Gasteiger partial charge on any atom is -0.459 e. The lowest BCUT2D eigenvalue weighted by Gasteiger charge is -2.22. The van der Waals surface area contributed by atoms with Gasteiger partial charge in [-0.15, -0.1) is 0 Å². The fourth-order valence-electron chi connectivity index (χ4n) is 3.99. The minimum atomic E-state index is -3.94. The summed E-state index contributed by atoms with van der Waals surface area (Å²) in [5.41, 5.74) is 5.30. The first-order valence-corrected chi connectivity index (χ1v) is 15.5. The highest BCUT2D eigenvalue weighted by Crippen LogP contribution is 2.26. The highest BCUT2D eigenvalue weighted by Gasteiger charge is 2.26. The van der Waals surface area contributed by atoms with Gasteiger partial charge < -0.3 is 9.73 Å². The Morgan fingerprint density at radius 3 is 2.26 bits per heavy atom. The predicted molar refractivity (Wildman–Crippen MR) is 168 cm³/mol. The monoisotopic (exact) mass is 640 g/mol. The van der Waals surface area contributed by atoms with Crippen molar-refractivity contribution in [1.29, 1.82) is 0 Å². The van der Waals surface area contributed by atoms with Crippen molar-refractivity contribution in [3.8, 4) is 0 Å². The van der Waals surface area contributed by atoms with Crippen LogP contribution in [-0.4, -0.2) is 30.8 Å². The van der Waals surface area contributed by atoms with Crippen LogP contribution in [0.1, 0.15) is 48.0 Å². The first kappa shape index (κ1) is 32.0. The van der Waals surface area contributed by atoms with Gasteiger partial charge in [0.1, 0.15) is 11.5 Å². The number of carbonyl (C=O) groups excluding carboxylic acids is 2. The molecular formula is C31H30Cl2N4O5S. The Hall–Kier alpha value is -3.96. The number of sulfonamides is 1. The van der Waals surface area contributed by atoms with E-state index < -0.39 is 21.8 Å². The van der Waals surface area contributed by atoms with Crippen LogP contribution in [0.5, 0.6) is 0 Å². The molecule has 1 aromatic heterocycles. The molecule has 9 nitrogen and oxygen atoms in total. The molecule has 0 fully saturated rings. The maximum absolute atomic E-state index is 13.6. The van der Waals surface area contributed by atoms with E-state index in [0.717, 1.165) is 11.1 Å². The number of nitrogens with zero attached hydrogens (tertiary/aromatic N) is 2. The second kappa shape index (κ2) is 14.0. The normalized spacial score (nSPS) is 11.8. The molecule has 0 spiro atoms. The molecule has 0 radical (unpaired) electrons. The molecule has 43 heavy (non-hydrogen) atoms. The summed E-state index contributed by atoms with van der Waals surface area (Å²) in [7, 11) is -3.94. The van der Waals surface area contributed by atoms with Gasteiger partial charge in [-0.3, -0.25) is 9.59 Å². The molecule has 2 N–H and O–H groups in total. The standard InChI is InChI=1S/C31H30Cl2N4O5S/c1-20(2)23-7-9-24(10-8-23)35-30(38)31(39)36-34-17-25-11-12-26(42-25)19-37(18-22-6-15-28(32)29(33)16-22)43(40,41)27-13-4-21(3)5-14-27/h4-17,20H,18-19H2,1-3H3,(H,35,38)(H,36,39)/b34-17+. The summed E-state index contributed by atoms with van der Waals surface area (Å²) < 4.78 is 34.2. The Balaban J connectivity index is 1.43. The SMILES string of the molecule is Cc1ccc(S(=O)(=O)N(Cc2ccc(Cl)c(Cl)c2)Cc2ccc(/C=N/NC(=O)C(=O)Nc3ccc(C(C)C)cc3)o2)cc1. The number of hydrogen-bond donors (Lipinski definition) is 2. The van der Waals surface area contributed by atoms with Gasteiger partial charge in [-0.25, -0.2) is 13.8 Å². The van der Waals surface area contributed by atoms with Crippen molar-refractivity contribution in [3.05, 3.63) is 117 Å². The van der Waals surface area contributed by atoms with Crippen LogP contribution in [0, 0.1) is 6.92 Å². The molecule has 0 saturated carbocycles. The van der Waals surface area contributed by atoms with Crippen molar-refractivity contribution < 1.29 is 22.4 Å². The van der Waals surface area contributed by atoms with Crippen LogP contribution in [0.4, 0.5) is 5.69 Å². The first-order valence-electron chi connectivity index (χ1n) is 13.3. The summed E-state index contributed by atoms with van der Waals surface area (Å²) in [5, 5.41) is 6.97. The fraction of sp³-hybridized carbons (Fsp3) is 0.194.